The van der Waals surface area contributed by atoms with E-state index in [0.717, 1.165) is 5.56 Å². The lowest BCUT2D eigenvalue weighted by Gasteiger charge is -2.14. The normalized spacial score (nSPS) is 12.9. The molecule has 1 aromatic heterocycles. The average molecular weight is 457 g/mol. The van der Waals surface area contributed by atoms with E-state index in [1.165, 1.54) is 4.90 Å². The third kappa shape index (κ3) is 4.33. The van der Waals surface area contributed by atoms with Gasteiger partial charge in [-0.2, -0.15) is 5.10 Å². The molecular weight excluding hydrogens is 439 g/mol. The van der Waals surface area contributed by atoms with Crippen LogP contribution in [0.4, 0.5) is 5.82 Å². The van der Waals surface area contributed by atoms with Gasteiger partial charge in [-0.15, -0.1) is 0 Å². The van der Waals surface area contributed by atoms with E-state index in [2.05, 4.69) is 10.4 Å². The molecule has 7 nitrogen and oxygen atoms in total. The van der Waals surface area contributed by atoms with Gasteiger partial charge in [0.2, 0.25) is 5.91 Å². The first-order valence-corrected chi connectivity index (χ1v) is 10.4. The van der Waals surface area contributed by atoms with Crippen LogP contribution in [0, 0.1) is 0 Å². The number of nitrogens with zero attached hydrogens (tertiary/aromatic N) is 3. The number of aromatic nitrogens is 2. The summed E-state index contributed by atoms with van der Waals surface area (Å²) in [5, 5.41) is 7.92. The lowest BCUT2D eigenvalue weighted by atomic mass is 10.1. The van der Waals surface area contributed by atoms with Crippen LogP contribution in [0.5, 0.6) is 0 Å². The molecule has 9 heteroatoms. The van der Waals surface area contributed by atoms with Crippen LogP contribution < -0.4 is 5.32 Å². The largest absolute Gasteiger partial charge is 0.311 e. The number of carbonyl (C=O) groups excluding carboxylic acids is 3. The predicted molar refractivity (Wildman–Crippen MR) is 117 cm³/mol. The van der Waals surface area contributed by atoms with E-state index >= 15 is 0 Å². The van der Waals surface area contributed by atoms with Crippen LogP contribution in [0.3, 0.4) is 0 Å². The molecule has 1 aliphatic rings. The SMILES string of the molecule is O=C(CCCN1C(=O)c2ccccc2C1=O)Nc1ccnn1Cc1cccc(Cl)c1Cl. The van der Waals surface area contributed by atoms with Gasteiger partial charge in [-0.1, -0.05) is 47.5 Å². The molecule has 158 valence electrons. The van der Waals surface area contributed by atoms with Gasteiger partial charge in [0.15, 0.2) is 0 Å². The fraction of sp³-hybridized carbons (Fsp3) is 0.182. The molecule has 1 aliphatic heterocycles. The molecule has 3 amide bonds. The lowest BCUT2D eigenvalue weighted by Crippen LogP contribution is -2.31. The van der Waals surface area contributed by atoms with Crippen LogP contribution in [-0.2, 0) is 11.3 Å². The average Bonchev–Trinajstić information content (AvgIpc) is 3.29. The Kier molecular flexibility index (Phi) is 6.06. The fourth-order valence-electron chi connectivity index (χ4n) is 3.44. The highest BCUT2D eigenvalue weighted by atomic mass is 35.5. The number of halogens is 2. The summed E-state index contributed by atoms with van der Waals surface area (Å²) in [5.74, 6) is -0.368. The van der Waals surface area contributed by atoms with Crippen molar-refractivity contribution in [2.24, 2.45) is 0 Å². The van der Waals surface area contributed by atoms with Crippen molar-refractivity contribution in [1.82, 2.24) is 14.7 Å². The maximum absolute atomic E-state index is 12.4. The Hall–Kier alpha value is -3.16. The summed E-state index contributed by atoms with van der Waals surface area (Å²) in [6.45, 7) is 0.522. The summed E-state index contributed by atoms with van der Waals surface area (Å²) in [5.41, 5.74) is 1.58. The second-order valence-electron chi connectivity index (χ2n) is 7.05. The number of fused-ring (bicyclic) bond motifs is 1. The number of carbonyl (C=O) groups is 3. The first-order chi connectivity index (χ1) is 15.0. The summed E-state index contributed by atoms with van der Waals surface area (Å²) in [7, 11) is 0. The predicted octanol–water partition coefficient (Wildman–Crippen LogP) is 4.25. The Labute approximate surface area is 188 Å². The number of benzene rings is 2. The first kappa shape index (κ1) is 21.1. The van der Waals surface area contributed by atoms with E-state index in [9.17, 15) is 14.4 Å². The standard InChI is InChI=1S/C22H18Cl2N4O3/c23-17-8-3-5-14(20(17)24)13-28-18(10-11-25-28)26-19(29)9-4-12-27-21(30)15-6-1-2-7-16(15)22(27)31/h1-3,5-8,10-11H,4,9,12-13H2,(H,26,29). The number of nitrogens with one attached hydrogen (secondary N) is 1. The minimum absolute atomic E-state index is 0.149. The Balaban J connectivity index is 1.33. The van der Waals surface area contributed by atoms with Crippen molar-refractivity contribution in [3.8, 4) is 0 Å². The van der Waals surface area contributed by atoms with Gasteiger partial charge in [-0.25, -0.2) is 4.68 Å². The fourth-order valence-corrected chi connectivity index (χ4v) is 3.82. The molecule has 0 aliphatic carbocycles. The highest BCUT2D eigenvalue weighted by Gasteiger charge is 2.34. The quantitative estimate of drug-likeness (QED) is 0.538. The van der Waals surface area contributed by atoms with Crippen molar-refractivity contribution >= 4 is 46.7 Å². The molecular formula is C22H18Cl2N4O3. The number of hydrogen-bond acceptors (Lipinski definition) is 4. The number of rotatable bonds is 7. The molecule has 0 unspecified atom stereocenters. The molecule has 0 bridgehead atoms. The van der Waals surface area contributed by atoms with Crippen LogP contribution in [0.2, 0.25) is 10.0 Å². The highest BCUT2D eigenvalue weighted by Crippen LogP contribution is 2.27. The van der Waals surface area contributed by atoms with Gasteiger partial charge in [0.1, 0.15) is 5.82 Å². The van der Waals surface area contributed by atoms with Crippen LogP contribution >= 0.6 is 23.2 Å². The monoisotopic (exact) mass is 456 g/mol. The smallest absolute Gasteiger partial charge is 0.261 e. The van der Waals surface area contributed by atoms with Crippen molar-refractivity contribution < 1.29 is 14.4 Å². The highest BCUT2D eigenvalue weighted by molar-refractivity contribution is 6.42. The molecule has 1 N–H and O–H groups in total. The second kappa shape index (κ2) is 8.91. The van der Waals surface area contributed by atoms with Crippen LogP contribution in [0.25, 0.3) is 0 Å². The van der Waals surface area contributed by atoms with E-state index in [-0.39, 0.29) is 30.7 Å². The van der Waals surface area contributed by atoms with Gasteiger partial charge < -0.3 is 5.32 Å². The van der Waals surface area contributed by atoms with E-state index < -0.39 is 0 Å². The number of imide groups is 1. The Morgan fingerprint density at radius 3 is 2.39 bits per heavy atom. The molecule has 4 rings (SSSR count). The maximum atomic E-state index is 12.4. The third-order valence-electron chi connectivity index (χ3n) is 5.00. The van der Waals surface area contributed by atoms with Gasteiger partial charge in [0, 0.05) is 19.0 Å². The molecule has 0 radical (unpaired) electrons. The summed E-state index contributed by atoms with van der Waals surface area (Å²) >= 11 is 12.3. The Morgan fingerprint density at radius 2 is 1.68 bits per heavy atom. The Morgan fingerprint density at radius 1 is 0.968 bits per heavy atom. The summed E-state index contributed by atoms with van der Waals surface area (Å²) in [4.78, 5) is 38.4. The molecule has 0 fully saturated rings. The van der Waals surface area contributed by atoms with Gasteiger partial charge in [-0.05, 0) is 30.2 Å². The summed E-state index contributed by atoms with van der Waals surface area (Å²) in [6.07, 6.45) is 2.08. The van der Waals surface area contributed by atoms with Gasteiger partial charge in [-0.3, -0.25) is 19.3 Å². The van der Waals surface area contributed by atoms with E-state index in [0.29, 0.717) is 40.0 Å². The van der Waals surface area contributed by atoms with E-state index in [1.54, 1.807) is 53.3 Å². The Bertz CT molecular complexity index is 1140. The van der Waals surface area contributed by atoms with Crippen LogP contribution in [0.1, 0.15) is 39.1 Å². The van der Waals surface area contributed by atoms with Crippen molar-refractivity contribution in [2.45, 2.75) is 19.4 Å². The topological polar surface area (TPSA) is 84.3 Å². The third-order valence-corrected chi connectivity index (χ3v) is 5.86. The lowest BCUT2D eigenvalue weighted by molar-refractivity contribution is -0.116. The minimum atomic E-state index is -0.322. The van der Waals surface area contributed by atoms with E-state index in [1.807, 2.05) is 6.07 Å². The molecule has 0 spiro atoms. The molecule has 31 heavy (non-hydrogen) atoms. The van der Waals surface area contributed by atoms with Crippen LogP contribution in [-0.4, -0.2) is 38.9 Å². The minimum Gasteiger partial charge on any atom is -0.311 e. The first-order valence-electron chi connectivity index (χ1n) is 9.65. The zero-order valence-electron chi connectivity index (χ0n) is 16.3. The zero-order chi connectivity index (χ0) is 22.0. The van der Waals surface area contributed by atoms with Gasteiger partial charge in [0.05, 0.1) is 33.9 Å². The molecule has 0 saturated heterocycles. The molecule has 0 saturated carbocycles. The molecule has 2 aromatic carbocycles. The van der Waals surface area contributed by atoms with Gasteiger partial charge >= 0.3 is 0 Å². The molecule has 2 heterocycles. The second-order valence-corrected chi connectivity index (χ2v) is 7.83. The summed E-state index contributed by atoms with van der Waals surface area (Å²) < 4.78 is 1.61. The number of anilines is 1. The van der Waals surface area contributed by atoms with Crippen molar-refractivity contribution in [1.29, 1.82) is 0 Å². The number of hydrogen-bond donors (Lipinski definition) is 1. The molecule has 3 aromatic rings. The van der Waals surface area contributed by atoms with E-state index in [4.69, 9.17) is 23.2 Å². The maximum Gasteiger partial charge on any atom is 0.261 e. The van der Waals surface area contributed by atoms with Crippen LogP contribution in [0.15, 0.2) is 54.7 Å². The van der Waals surface area contributed by atoms with Gasteiger partial charge in [0.25, 0.3) is 11.8 Å². The van der Waals surface area contributed by atoms with Crippen molar-refractivity contribution in [2.75, 3.05) is 11.9 Å². The molecule has 0 atom stereocenters. The van der Waals surface area contributed by atoms with Crippen molar-refractivity contribution in [3.63, 3.8) is 0 Å². The zero-order valence-corrected chi connectivity index (χ0v) is 17.9. The van der Waals surface area contributed by atoms with Crippen molar-refractivity contribution in [3.05, 3.63) is 81.5 Å². The number of amides is 3. The summed E-state index contributed by atoms with van der Waals surface area (Å²) in [6, 6.07) is 13.7.